The standard InChI is InChI=1S/C15H23N5O/c1-4-13(5-2)20-7-6-12(18-20)8-14(21)15(16)11-9-17-19(3)10-11/h6-7,9-10,13,15H,4-5,8,16H2,1-3H3. The number of aryl methyl sites for hydroxylation is 1. The molecule has 1 atom stereocenters. The van der Waals surface area contributed by atoms with Gasteiger partial charge in [-0.25, -0.2) is 0 Å². The van der Waals surface area contributed by atoms with Crippen LogP contribution in [0, 0.1) is 0 Å². The Morgan fingerprint density at radius 3 is 2.67 bits per heavy atom. The van der Waals surface area contributed by atoms with Crippen LogP contribution >= 0.6 is 0 Å². The lowest BCUT2D eigenvalue weighted by Gasteiger charge is -2.12. The maximum atomic E-state index is 12.2. The van der Waals surface area contributed by atoms with Gasteiger partial charge in [-0.3, -0.25) is 14.2 Å². The molecule has 0 saturated carbocycles. The molecule has 2 N–H and O–H groups in total. The number of rotatable bonds is 7. The molecule has 0 bridgehead atoms. The number of Topliss-reactive ketones (excluding diaryl/α,β-unsaturated/α-hetero) is 1. The summed E-state index contributed by atoms with van der Waals surface area (Å²) in [4.78, 5) is 12.2. The lowest BCUT2D eigenvalue weighted by Crippen LogP contribution is -2.23. The Balaban J connectivity index is 2.02. The molecule has 0 amide bonds. The minimum Gasteiger partial charge on any atom is -0.318 e. The molecule has 2 heterocycles. The summed E-state index contributed by atoms with van der Waals surface area (Å²) >= 11 is 0. The van der Waals surface area contributed by atoms with Crippen LogP contribution in [0.2, 0.25) is 0 Å². The van der Waals surface area contributed by atoms with E-state index in [0.29, 0.717) is 6.04 Å². The second-order valence-electron chi connectivity index (χ2n) is 5.33. The van der Waals surface area contributed by atoms with Gasteiger partial charge in [-0.15, -0.1) is 0 Å². The van der Waals surface area contributed by atoms with Crippen LogP contribution in [-0.2, 0) is 18.3 Å². The predicted molar refractivity (Wildman–Crippen MR) is 80.7 cm³/mol. The highest BCUT2D eigenvalue weighted by Crippen LogP contribution is 2.16. The number of carbonyl (C=O) groups excluding carboxylic acids is 1. The predicted octanol–water partition coefficient (Wildman–Crippen LogP) is 1.79. The van der Waals surface area contributed by atoms with Crippen LogP contribution in [0.25, 0.3) is 0 Å². The summed E-state index contributed by atoms with van der Waals surface area (Å²) in [5.74, 6) is -0.0437. The molecule has 2 aromatic heterocycles. The van der Waals surface area contributed by atoms with E-state index in [1.54, 1.807) is 24.1 Å². The summed E-state index contributed by atoms with van der Waals surface area (Å²) in [6.45, 7) is 4.28. The van der Waals surface area contributed by atoms with Gasteiger partial charge in [0.15, 0.2) is 5.78 Å². The molecule has 114 valence electrons. The Bertz CT molecular complexity index is 597. The summed E-state index contributed by atoms with van der Waals surface area (Å²) < 4.78 is 3.59. The fourth-order valence-electron chi connectivity index (χ4n) is 2.41. The first-order valence-corrected chi connectivity index (χ1v) is 7.36. The van der Waals surface area contributed by atoms with Crippen molar-refractivity contribution < 1.29 is 4.79 Å². The zero-order valence-corrected chi connectivity index (χ0v) is 12.9. The third-order valence-electron chi connectivity index (χ3n) is 3.77. The van der Waals surface area contributed by atoms with Crippen LogP contribution in [0.15, 0.2) is 24.7 Å². The number of aromatic nitrogens is 4. The zero-order chi connectivity index (χ0) is 15.4. The first-order valence-electron chi connectivity index (χ1n) is 7.36. The van der Waals surface area contributed by atoms with Crippen molar-refractivity contribution >= 4 is 5.78 Å². The normalized spacial score (nSPS) is 12.8. The fraction of sp³-hybridized carbons (Fsp3) is 0.533. The van der Waals surface area contributed by atoms with E-state index in [0.717, 1.165) is 24.1 Å². The second-order valence-corrected chi connectivity index (χ2v) is 5.33. The molecule has 0 fully saturated rings. The summed E-state index contributed by atoms with van der Waals surface area (Å²) in [5.41, 5.74) is 7.49. The number of hydrogen-bond donors (Lipinski definition) is 1. The molecule has 0 aliphatic rings. The summed E-state index contributed by atoms with van der Waals surface area (Å²) in [6.07, 6.45) is 7.65. The first-order chi connectivity index (χ1) is 10.0. The van der Waals surface area contributed by atoms with Crippen molar-refractivity contribution in [1.82, 2.24) is 19.6 Å². The van der Waals surface area contributed by atoms with Gasteiger partial charge in [0.1, 0.15) is 0 Å². The van der Waals surface area contributed by atoms with E-state index in [9.17, 15) is 4.79 Å². The average molecular weight is 289 g/mol. The Labute approximate surface area is 124 Å². The SMILES string of the molecule is CCC(CC)n1ccc(CC(=O)C(N)c2cnn(C)c2)n1. The van der Waals surface area contributed by atoms with Crippen molar-refractivity contribution in [3.63, 3.8) is 0 Å². The van der Waals surface area contributed by atoms with Crippen molar-refractivity contribution in [2.24, 2.45) is 12.8 Å². The van der Waals surface area contributed by atoms with Gasteiger partial charge >= 0.3 is 0 Å². The largest absolute Gasteiger partial charge is 0.318 e. The second kappa shape index (κ2) is 6.67. The number of nitrogens with zero attached hydrogens (tertiary/aromatic N) is 4. The number of nitrogens with two attached hydrogens (primary N) is 1. The zero-order valence-electron chi connectivity index (χ0n) is 12.9. The highest BCUT2D eigenvalue weighted by atomic mass is 16.1. The highest BCUT2D eigenvalue weighted by molar-refractivity contribution is 5.86. The minimum absolute atomic E-state index is 0.0437. The quantitative estimate of drug-likeness (QED) is 0.843. The lowest BCUT2D eigenvalue weighted by atomic mass is 10.0. The first kappa shape index (κ1) is 15.4. The van der Waals surface area contributed by atoms with E-state index in [2.05, 4.69) is 24.0 Å². The molecule has 2 rings (SSSR count). The van der Waals surface area contributed by atoms with E-state index in [-0.39, 0.29) is 12.2 Å². The molecular formula is C15H23N5O. The maximum Gasteiger partial charge on any atom is 0.160 e. The Kier molecular flexibility index (Phi) is 4.90. The van der Waals surface area contributed by atoms with E-state index in [1.807, 2.05) is 16.9 Å². The Morgan fingerprint density at radius 2 is 2.10 bits per heavy atom. The Morgan fingerprint density at radius 1 is 1.38 bits per heavy atom. The van der Waals surface area contributed by atoms with Crippen LogP contribution < -0.4 is 5.73 Å². The van der Waals surface area contributed by atoms with Crippen molar-refractivity contribution in [1.29, 1.82) is 0 Å². The van der Waals surface area contributed by atoms with Gasteiger partial charge in [-0.05, 0) is 18.9 Å². The van der Waals surface area contributed by atoms with Gasteiger partial charge in [-0.2, -0.15) is 10.2 Å². The molecule has 0 spiro atoms. The molecule has 0 saturated heterocycles. The van der Waals surface area contributed by atoms with E-state index in [4.69, 9.17) is 5.73 Å². The molecule has 0 aromatic carbocycles. The molecule has 0 radical (unpaired) electrons. The fourth-order valence-corrected chi connectivity index (χ4v) is 2.41. The van der Waals surface area contributed by atoms with Crippen LogP contribution in [0.3, 0.4) is 0 Å². The molecule has 21 heavy (non-hydrogen) atoms. The van der Waals surface area contributed by atoms with Crippen LogP contribution in [0.1, 0.15) is 50.0 Å². The molecule has 2 aromatic rings. The molecular weight excluding hydrogens is 266 g/mol. The van der Waals surface area contributed by atoms with E-state index < -0.39 is 6.04 Å². The smallest absolute Gasteiger partial charge is 0.160 e. The average Bonchev–Trinajstić information content (AvgIpc) is 3.09. The maximum absolute atomic E-state index is 12.2. The van der Waals surface area contributed by atoms with E-state index in [1.165, 1.54) is 0 Å². The van der Waals surface area contributed by atoms with Gasteiger partial charge in [-0.1, -0.05) is 13.8 Å². The van der Waals surface area contributed by atoms with Gasteiger partial charge in [0.2, 0.25) is 0 Å². The van der Waals surface area contributed by atoms with Gasteiger partial charge in [0.05, 0.1) is 30.4 Å². The van der Waals surface area contributed by atoms with Crippen molar-refractivity contribution in [3.8, 4) is 0 Å². The minimum atomic E-state index is -0.642. The molecule has 0 aliphatic heterocycles. The van der Waals surface area contributed by atoms with Crippen molar-refractivity contribution in [2.45, 2.75) is 45.2 Å². The van der Waals surface area contributed by atoms with Crippen LogP contribution in [0.5, 0.6) is 0 Å². The summed E-state index contributed by atoms with van der Waals surface area (Å²) in [5, 5.41) is 8.53. The lowest BCUT2D eigenvalue weighted by molar-refractivity contribution is -0.119. The third kappa shape index (κ3) is 3.58. The monoisotopic (exact) mass is 289 g/mol. The van der Waals surface area contributed by atoms with Gasteiger partial charge in [0.25, 0.3) is 0 Å². The number of hydrogen-bond acceptors (Lipinski definition) is 4. The molecule has 1 unspecified atom stereocenters. The number of ketones is 1. The third-order valence-corrected chi connectivity index (χ3v) is 3.77. The summed E-state index contributed by atoms with van der Waals surface area (Å²) in [6, 6.07) is 1.64. The molecule has 0 aliphatic carbocycles. The Hall–Kier alpha value is -1.95. The van der Waals surface area contributed by atoms with Crippen molar-refractivity contribution in [3.05, 3.63) is 35.9 Å². The topological polar surface area (TPSA) is 78.7 Å². The molecule has 6 heteroatoms. The molecule has 6 nitrogen and oxygen atoms in total. The van der Waals surface area contributed by atoms with Gasteiger partial charge in [0, 0.05) is 25.0 Å². The number of carbonyl (C=O) groups is 1. The van der Waals surface area contributed by atoms with Crippen LogP contribution in [-0.4, -0.2) is 25.3 Å². The van der Waals surface area contributed by atoms with Gasteiger partial charge < -0.3 is 5.73 Å². The highest BCUT2D eigenvalue weighted by Gasteiger charge is 2.19. The van der Waals surface area contributed by atoms with Crippen LogP contribution in [0.4, 0.5) is 0 Å². The van der Waals surface area contributed by atoms with E-state index >= 15 is 0 Å². The van der Waals surface area contributed by atoms with Crippen molar-refractivity contribution in [2.75, 3.05) is 0 Å². The summed E-state index contributed by atoms with van der Waals surface area (Å²) in [7, 11) is 1.80.